The van der Waals surface area contributed by atoms with Gasteiger partial charge in [0.1, 0.15) is 4.90 Å². The number of nitrogens with zero attached hydrogens (tertiary/aromatic N) is 3. The van der Waals surface area contributed by atoms with Crippen LogP contribution in [0.2, 0.25) is 5.02 Å². The lowest BCUT2D eigenvalue weighted by atomic mass is 10.4. The number of hydrogen-bond acceptors (Lipinski definition) is 5. The van der Waals surface area contributed by atoms with E-state index < -0.39 is 21.9 Å². The molecule has 0 atom stereocenters. The number of alkyl halides is 3. The molecule has 1 aliphatic heterocycles. The number of thiazole rings is 1. The monoisotopic (exact) mass is 411 g/mol. The number of sulfonamides is 1. The van der Waals surface area contributed by atoms with Crippen molar-refractivity contribution in [1.29, 1.82) is 0 Å². The molecule has 25 heavy (non-hydrogen) atoms. The summed E-state index contributed by atoms with van der Waals surface area (Å²) in [5.74, 6) is 0. The summed E-state index contributed by atoms with van der Waals surface area (Å²) in [6.07, 6.45) is -4.48. The Labute approximate surface area is 151 Å². The molecule has 1 fully saturated rings. The molecule has 1 aromatic carbocycles. The van der Waals surface area contributed by atoms with Crippen molar-refractivity contribution >= 4 is 38.1 Å². The van der Waals surface area contributed by atoms with Crippen LogP contribution in [0, 0.1) is 0 Å². The summed E-state index contributed by atoms with van der Waals surface area (Å²) in [5, 5.41) is 1.34. The Morgan fingerprint density at radius 3 is 2.32 bits per heavy atom. The molecule has 11 heteroatoms. The van der Waals surface area contributed by atoms with E-state index in [2.05, 4.69) is 4.98 Å². The van der Waals surface area contributed by atoms with Gasteiger partial charge in [0.25, 0.3) is 0 Å². The molecular weight excluding hydrogens is 399 g/mol. The van der Waals surface area contributed by atoms with Gasteiger partial charge in [0.2, 0.25) is 10.0 Å². The Hall–Kier alpha value is -1.36. The van der Waals surface area contributed by atoms with Crippen molar-refractivity contribution in [1.82, 2.24) is 9.29 Å². The van der Waals surface area contributed by atoms with Crippen LogP contribution >= 0.6 is 22.9 Å². The Morgan fingerprint density at radius 1 is 1.12 bits per heavy atom. The van der Waals surface area contributed by atoms with Crippen LogP contribution in [0.5, 0.6) is 0 Å². The molecule has 0 saturated carbocycles. The molecule has 0 spiro atoms. The maximum absolute atomic E-state index is 12.6. The Balaban J connectivity index is 1.72. The SMILES string of the molecule is O=S(=O)(c1ccccc1Cl)N1CCN(c2nc(C(F)(F)F)cs2)CC1. The van der Waals surface area contributed by atoms with E-state index in [4.69, 9.17) is 11.6 Å². The summed E-state index contributed by atoms with van der Waals surface area (Å²) in [5.41, 5.74) is -0.932. The first kappa shape index (κ1) is 18.4. The molecular formula is C14H13ClF3N3O2S2. The average molecular weight is 412 g/mol. The molecule has 0 unspecified atom stereocenters. The second-order valence-corrected chi connectivity index (χ2v) is 8.48. The van der Waals surface area contributed by atoms with Gasteiger partial charge in [0, 0.05) is 31.6 Å². The molecule has 1 saturated heterocycles. The quantitative estimate of drug-likeness (QED) is 0.777. The van der Waals surface area contributed by atoms with Gasteiger partial charge in [-0.1, -0.05) is 23.7 Å². The van der Waals surface area contributed by atoms with E-state index in [1.807, 2.05) is 0 Å². The van der Waals surface area contributed by atoms with E-state index in [9.17, 15) is 21.6 Å². The van der Waals surface area contributed by atoms with Crippen molar-refractivity contribution in [2.75, 3.05) is 31.1 Å². The number of benzene rings is 1. The van der Waals surface area contributed by atoms with Crippen molar-refractivity contribution in [3.63, 3.8) is 0 Å². The summed E-state index contributed by atoms with van der Waals surface area (Å²) >= 11 is 6.86. The minimum Gasteiger partial charge on any atom is -0.345 e. The van der Waals surface area contributed by atoms with Crippen LogP contribution in [0.3, 0.4) is 0 Å². The van der Waals surface area contributed by atoms with Gasteiger partial charge >= 0.3 is 6.18 Å². The summed E-state index contributed by atoms with van der Waals surface area (Å²) in [6.45, 7) is 0.811. The fourth-order valence-corrected chi connectivity index (χ4v) is 5.25. The molecule has 2 heterocycles. The lowest BCUT2D eigenvalue weighted by molar-refractivity contribution is -0.140. The second-order valence-electron chi connectivity index (χ2n) is 5.33. The van der Waals surface area contributed by atoms with Gasteiger partial charge in [-0.05, 0) is 12.1 Å². The highest BCUT2D eigenvalue weighted by Gasteiger charge is 2.35. The zero-order valence-corrected chi connectivity index (χ0v) is 15.1. The van der Waals surface area contributed by atoms with Gasteiger partial charge in [-0.2, -0.15) is 17.5 Å². The maximum Gasteiger partial charge on any atom is 0.434 e. The number of aromatic nitrogens is 1. The minimum absolute atomic E-state index is 0.0266. The first-order valence-electron chi connectivity index (χ1n) is 7.22. The summed E-state index contributed by atoms with van der Waals surface area (Å²) < 4.78 is 64.5. The van der Waals surface area contributed by atoms with Crippen molar-refractivity contribution in [2.24, 2.45) is 0 Å². The van der Waals surface area contributed by atoms with Crippen LogP contribution in [0.4, 0.5) is 18.3 Å². The number of rotatable bonds is 3. The largest absolute Gasteiger partial charge is 0.434 e. The number of piperazine rings is 1. The van der Waals surface area contributed by atoms with Gasteiger partial charge in [0.05, 0.1) is 5.02 Å². The highest BCUT2D eigenvalue weighted by atomic mass is 35.5. The summed E-state index contributed by atoms with van der Waals surface area (Å²) in [7, 11) is -3.74. The number of halogens is 4. The predicted octanol–water partition coefficient (Wildman–Crippen LogP) is 3.33. The molecule has 136 valence electrons. The summed E-state index contributed by atoms with van der Waals surface area (Å²) in [4.78, 5) is 5.27. The highest BCUT2D eigenvalue weighted by Crippen LogP contribution is 2.33. The van der Waals surface area contributed by atoms with Crippen LogP contribution in [-0.2, 0) is 16.2 Å². The van der Waals surface area contributed by atoms with Crippen LogP contribution < -0.4 is 4.90 Å². The standard InChI is InChI=1S/C14H13ClF3N3O2S2/c15-10-3-1-2-4-11(10)25(22,23)21-7-5-20(6-8-21)13-19-12(9-24-13)14(16,17)18/h1-4,9H,5-8H2. The third kappa shape index (κ3) is 3.76. The van der Waals surface area contributed by atoms with Gasteiger partial charge in [-0.3, -0.25) is 0 Å². The Morgan fingerprint density at radius 2 is 1.76 bits per heavy atom. The molecule has 0 amide bonds. The van der Waals surface area contributed by atoms with E-state index in [1.54, 1.807) is 17.0 Å². The lowest BCUT2D eigenvalue weighted by Crippen LogP contribution is -2.48. The van der Waals surface area contributed by atoms with E-state index in [-0.39, 0.29) is 41.2 Å². The van der Waals surface area contributed by atoms with Crippen molar-refractivity contribution in [3.8, 4) is 0 Å². The van der Waals surface area contributed by atoms with Crippen LogP contribution in [0.15, 0.2) is 34.5 Å². The van der Waals surface area contributed by atoms with Gasteiger partial charge in [0.15, 0.2) is 10.8 Å². The number of hydrogen-bond donors (Lipinski definition) is 0. The predicted molar refractivity (Wildman–Crippen MR) is 89.5 cm³/mol. The van der Waals surface area contributed by atoms with Gasteiger partial charge in [-0.15, -0.1) is 11.3 Å². The van der Waals surface area contributed by atoms with Crippen molar-refractivity contribution in [2.45, 2.75) is 11.1 Å². The van der Waals surface area contributed by atoms with Crippen LogP contribution in [-0.4, -0.2) is 43.9 Å². The molecule has 2 aromatic rings. The fourth-order valence-electron chi connectivity index (χ4n) is 2.45. The smallest absolute Gasteiger partial charge is 0.345 e. The topological polar surface area (TPSA) is 53.5 Å². The zero-order valence-electron chi connectivity index (χ0n) is 12.7. The zero-order chi connectivity index (χ0) is 18.2. The van der Waals surface area contributed by atoms with E-state index in [0.29, 0.717) is 0 Å². The molecule has 3 rings (SSSR count). The molecule has 0 radical (unpaired) electrons. The molecule has 0 bridgehead atoms. The molecule has 5 nitrogen and oxygen atoms in total. The minimum atomic E-state index is -4.48. The third-order valence-electron chi connectivity index (χ3n) is 3.75. The average Bonchev–Trinajstić information content (AvgIpc) is 3.05. The van der Waals surface area contributed by atoms with E-state index >= 15 is 0 Å². The summed E-state index contributed by atoms with van der Waals surface area (Å²) in [6, 6.07) is 6.16. The fraction of sp³-hybridized carbons (Fsp3) is 0.357. The maximum atomic E-state index is 12.6. The Bertz CT molecular complexity index is 862. The first-order chi connectivity index (χ1) is 11.7. The van der Waals surface area contributed by atoms with E-state index in [1.165, 1.54) is 16.4 Å². The van der Waals surface area contributed by atoms with Crippen molar-refractivity contribution < 1.29 is 21.6 Å². The number of anilines is 1. The normalized spacial score (nSPS) is 17.0. The highest BCUT2D eigenvalue weighted by molar-refractivity contribution is 7.89. The van der Waals surface area contributed by atoms with Crippen LogP contribution in [0.25, 0.3) is 0 Å². The molecule has 0 aliphatic carbocycles. The van der Waals surface area contributed by atoms with Gasteiger partial charge in [-0.25, -0.2) is 13.4 Å². The van der Waals surface area contributed by atoms with E-state index in [0.717, 1.165) is 16.7 Å². The first-order valence-corrected chi connectivity index (χ1v) is 9.92. The second kappa shape index (κ2) is 6.75. The molecule has 1 aliphatic rings. The van der Waals surface area contributed by atoms with Gasteiger partial charge < -0.3 is 4.90 Å². The Kier molecular flexibility index (Phi) is 4.97. The molecule has 0 N–H and O–H groups in total. The van der Waals surface area contributed by atoms with Crippen molar-refractivity contribution in [3.05, 3.63) is 40.4 Å². The van der Waals surface area contributed by atoms with Crippen LogP contribution in [0.1, 0.15) is 5.69 Å². The third-order valence-corrected chi connectivity index (χ3v) is 7.05. The molecule has 1 aromatic heterocycles. The lowest BCUT2D eigenvalue weighted by Gasteiger charge is -2.33.